The Morgan fingerprint density at radius 3 is 2.88 bits per heavy atom. The van der Waals surface area contributed by atoms with E-state index in [1.165, 1.54) is 12.0 Å². The van der Waals surface area contributed by atoms with Gasteiger partial charge in [0, 0.05) is 51.0 Å². The molecule has 5 nitrogen and oxygen atoms in total. The van der Waals surface area contributed by atoms with Gasteiger partial charge in [-0.05, 0) is 35.4 Å². The van der Waals surface area contributed by atoms with Crippen LogP contribution in [-0.2, 0) is 24.9 Å². The molecule has 4 heterocycles. The quantitative estimate of drug-likeness (QED) is 0.850. The largest absolute Gasteiger partial charge is 0.379 e. The molecule has 0 aromatic carbocycles. The number of hydrogen-bond donors (Lipinski definition) is 0. The van der Waals surface area contributed by atoms with Crippen LogP contribution in [0.4, 0.5) is 0 Å². The van der Waals surface area contributed by atoms with Crippen molar-refractivity contribution in [3.05, 3.63) is 40.6 Å². The van der Waals surface area contributed by atoms with E-state index in [9.17, 15) is 0 Å². The first-order chi connectivity index (χ1) is 11.7. The molecule has 1 spiro atoms. The predicted molar refractivity (Wildman–Crippen MR) is 96.0 cm³/mol. The summed E-state index contributed by atoms with van der Waals surface area (Å²) in [6.07, 6.45) is 5.13. The summed E-state index contributed by atoms with van der Waals surface area (Å²) < 4.78 is 8.12. The van der Waals surface area contributed by atoms with Crippen LogP contribution in [0.1, 0.15) is 17.8 Å². The molecule has 0 N–H and O–H groups in total. The Kier molecular flexibility index (Phi) is 4.72. The van der Waals surface area contributed by atoms with Crippen LogP contribution in [0.3, 0.4) is 0 Å². The van der Waals surface area contributed by atoms with Gasteiger partial charge >= 0.3 is 0 Å². The maximum atomic E-state index is 6.00. The zero-order valence-electron chi connectivity index (χ0n) is 14.4. The summed E-state index contributed by atoms with van der Waals surface area (Å²) in [6, 6.07) is 2.24. The Hall–Kier alpha value is -1.21. The number of aryl methyl sites for hydroxylation is 1. The smallest absolute Gasteiger partial charge is 0.122 e. The molecule has 0 radical (unpaired) electrons. The fourth-order valence-corrected chi connectivity index (χ4v) is 4.68. The second-order valence-electron chi connectivity index (χ2n) is 7.31. The van der Waals surface area contributed by atoms with Gasteiger partial charge in [-0.2, -0.15) is 11.3 Å². The first kappa shape index (κ1) is 16.3. The van der Waals surface area contributed by atoms with Gasteiger partial charge in [-0.15, -0.1) is 0 Å². The number of aromatic nitrogens is 2. The maximum Gasteiger partial charge on any atom is 0.122 e. The van der Waals surface area contributed by atoms with Crippen LogP contribution in [0.25, 0.3) is 0 Å². The van der Waals surface area contributed by atoms with Crippen molar-refractivity contribution in [2.75, 3.05) is 39.4 Å². The second-order valence-corrected chi connectivity index (χ2v) is 8.09. The normalized spacial score (nSPS) is 26.2. The minimum atomic E-state index is 0.275. The number of likely N-dealkylation sites (tertiary alicyclic amines) is 1. The molecule has 0 saturated carbocycles. The molecule has 0 amide bonds. The first-order valence-corrected chi connectivity index (χ1v) is 9.67. The lowest BCUT2D eigenvalue weighted by molar-refractivity contribution is 0.0704. The van der Waals surface area contributed by atoms with Crippen LogP contribution in [0.15, 0.2) is 29.2 Å². The van der Waals surface area contributed by atoms with Gasteiger partial charge in [0.2, 0.25) is 0 Å². The maximum absolute atomic E-state index is 6.00. The van der Waals surface area contributed by atoms with E-state index in [1.54, 1.807) is 11.3 Å². The fourth-order valence-electron chi connectivity index (χ4n) is 4.02. The van der Waals surface area contributed by atoms with Gasteiger partial charge in [-0.25, -0.2) is 4.98 Å². The molecule has 2 aromatic heterocycles. The van der Waals surface area contributed by atoms with Crippen molar-refractivity contribution < 1.29 is 4.74 Å². The van der Waals surface area contributed by atoms with Gasteiger partial charge in [0.15, 0.2) is 0 Å². The molecule has 4 rings (SSSR count). The number of thiophene rings is 1. The van der Waals surface area contributed by atoms with E-state index in [1.807, 2.05) is 12.4 Å². The van der Waals surface area contributed by atoms with Gasteiger partial charge in [0.1, 0.15) is 5.82 Å². The highest BCUT2D eigenvalue weighted by Gasteiger charge is 2.41. The van der Waals surface area contributed by atoms with E-state index < -0.39 is 0 Å². The van der Waals surface area contributed by atoms with E-state index in [4.69, 9.17) is 4.74 Å². The van der Waals surface area contributed by atoms with Crippen LogP contribution in [0.5, 0.6) is 0 Å². The number of imidazole rings is 1. The van der Waals surface area contributed by atoms with Crippen LogP contribution >= 0.6 is 11.3 Å². The molecule has 2 aliphatic heterocycles. The highest BCUT2D eigenvalue weighted by Crippen LogP contribution is 2.34. The molecule has 0 unspecified atom stereocenters. The van der Waals surface area contributed by atoms with Crippen molar-refractivity contribution >= 4 is 11.3 Å². The van der Waals surface area contributed by atoms with Crippen molar-refractivity contribution in [2.45, 2.75) is 19.5 Å². The SMILES string of the molecule is Cn1ccnc1CN1CC[C@@]2(COCCN(Cc3ccsc3)C2)C1. The molecule has 2 aromatic rings. The number of rotatable bonds is 4. The molecular weight excluding hydrogens is 320 g/mol. The summed E-state index contributed by atoms with van der Waals surface area (Å²) in [7, 11) is 2.07. The van der Waals surface area contributed by atoms with Gasteiger partial charge in [0.25, 0.3) is 0 Å². The molecule has 0 bridgehead atoms. The lowest BCUT2D eigenvalue weighted by Crippen LogP contribution is -2.40. The first-order valence-electron chi connectivity index (χ1n) is 8.72. The molecular formula is C18H26N4OS. The van der Waals surface area contributed by atoms with Gasteiger partial charge in [-0.3, -0.25) is 9.80 Å². The standard InChI is InChI=1S/C18H26N4OS/c1-20-6-4-19-17(20)11-21-5-3-18(13-21)14-22(7-8-23-15-18)10-16-2-9-24-12-16/h2,4,6,9,12H,3,5,7-8,10-11,13-15H2,1H3/t18-/m1/s1. The molecule has 2 fully saturated rings. The van der Waals surface area contributed by atoms with E-state index in [-0.39, 0.29) is 5.41 Å². The molecule has 0 aliphatic carbocycles. The van der Waals surface area contributed by atoms with E-state index in [0.717, 1.165) is 58.3 Å². The van der Waals surface area contributed by atoms with E-state index in [2.05, 4.69) is 43.2 Å². The number of ether oxygens (including phenoxy) is 1. The van der Waals surface area contributed by atoms with Crippen LogP contribution in [0.2, 0.25) is 0 Å². The zero-order chi connectivity index (χ0) is 16.4. The third-order valence-corrected chi connectivity index (χ3v) is 6.04. The van der Waals surface area contributed by atoms with Crippen LogP contribution in [0, 0.1) is 5.41 Å². The molecule has 2 saturated heterocycles. The Morgan fingerprint density at radius 1 is 1.25 bits per heavy atom. The third kappa shape index (κ3) is 3.57. The van der Waals surface area contributed by atoms with Crippen LogP contribution < -0.4 is 0 Å². The summed E-state index contributed by atoms with van der Waals surface area (Å²) in [4.78, 5) is 9.60. The average molecular weight is 347 g/mol. The van der Waals surface area contributed by atoms with Crippen molar-refractivity contribution in [2.24, 2.45) is 12.5 Å². The summed E-state index contributed by atoms with van der Waals surface area (Å²) in [6.45, 7) is 8.17. The Bertz CT molecular complexity index is 656. The molecule has 1 atom stereocenters. The van der Waals surface area contributed by atoms with Crippen molar-refractivity contribution in [3.8, 4) is 0 Å². The Balaban J connectivity index is 1.41. The van der Waals surface area contributed by atoms with Crippen molar-refractivity contribution in [1.29, 1.82) is 0 Å². The average Bonchev–Trinajstić information content (AvgIpc) is 3.26. The minimum absolute atomic E-state index is 0.275. The highest BCUT2D eigenvalue weighted by molar-refractivity contribution is 7.07. The second kappa shape index (κ2) is 6.96. The fraction of sp³-hybridized carbons (Fsp3) is 0.611. The van der Waals surface area contributed by atoms with E-state index in [0.29, 0.717) is 0 Å². The number of hydrogen-bond acceptors (Lipinski definition) is 5. The summed E-state index contributed by atoms with van der Waals surface area (Å²) in [5, 5.41) is 4.43. The predicted octanol–water partition coefficient (Wildman–Crippen LogP) is 2.21. The highest BCUT2D eigenvalue weighted by atomic mass is 32.1. The summed E-state index contributed by atoms with van der Waals surface area (Å²) >= 11 is 1.79. The van der Waals surface area contributed by atoms with Crippen molar-refractivity contribution in [3.63, 3.8) is 0 Å². The Morgan fingerprint density at radius 2 is 2.12 bits per heavy atom. The lowest BCUT2D eigenvalue weighted by atomic mass is 9.87. The lowest BCUT2D eigenvalue weighted by Gasteiger charge is -2.31. The van der Waals surface area contributed by atoms with Gasteiger partial charge in [-0.1, -0.05) is 0 Å². The molecule has 130 valence electrons. The van der Waals surface area contributed by atoms with Crippen LogP contribution in [-0.4, -0.2) is 58.7 Å². The number of nitrogens with zero attached hydrogens (tertiary/aromatic N) is 4. The minimum Gasteiger partial charge on any atom is -0.379 e. The third-order valence-electron chi connectivity index (χ3n) is 5.31. The van der Waals surface area contributed by atoms with E-state index >= 15 is 0 Å². The topological polar surface area (TPSA) is 33.5 Å². The summed E-state index contributed by atoms with van der Waals surface area (Å²) in [5.74, 6) is 1.15. The molecule has 6 heteroatoms. The summed E-state index contributed by atoms with van der Waals surface area (Å²) in [5.41, 5.74) is 1.71. The zero-order valence-corrected chi connectivity index (χ0v) is 15.2. The molecule has 24 heavy (non-hydrogen) atoms. The van der Waals surface area contributed by atoms with Gasteiger partial charge in [0.05, 0.1) is 19.8 Å². The Labute approximate surface area is 147 Å². The van der Waals surface area contributed by atoms with Crippen molar-refractivity contribution in [1.82, 2.24) is 19.4 Å². The van der Waals surface area contributed by atoms with Gasteiger partial charge < -0.3 is 9.30 Å². The monoisotopic (exact) mass is 346 g/mol. The molecule has 2 aliphatic rings.